The van der Waals surface area contributed by atoms with Crippen molar-refractivity contribution in [3.63, 3.8) is 0 Å². The highest BCUT2D eigenvalue weighted by atomic mass is 32.2. The van der Waals surface area contributed by atoms with Crippen LogP contribution in [-0.4, -0.2) is 10.4 Å². The molecule has 3 unspecified atom stereocenters. The first-order valence-corrected chi connectivity index (χ1v) is 5.35. The molecule has 0 N–H and O–H groups in total. The van der Waals surface area contributed by atoms with Gasteiger partial charge in [-0.2, -0.15) is 0 Å². The van der Waals surface area contributed by atoms with Gasteiger partial charge in [-0.25, -0.2) is 0 Å². The van der Waals surface area contributed by atoms with Gasteiger partial charge in [-0.1, -0.05) is 31.5 Å². The SMILES string of the molecule is CC1CCCC2SC(=O)CC12. The molecule has 0 radical (unpaired) electrons. The summed E-state index contributed by atoms with van der Waals surface area (Å²) in [6.45, 7) is 2.30. The number of thioether (sulfide) groups is 1. The molecule has 3 atom stereocenters. The Labute approximate surface area is 71.9 Å². The number of carbonyl (C=O) groups excluding carboxylic acids is 1. The molecule has 1 saturated heterocycles. The Balaban J connectivity index is 2.09. The van der Waals surface area contributed by atoms with E-state index in [9.17, 15) is 4.79 Å². The number of hydrogen-bond donors (Lipinski definition) is 0. The number of carbonyl (C=O) groups is 1. The number of rotatable bonds is 0. The molecular weight excluding hydrogens is 156 g/mol. The summed E-state index contributed by atoms with van der Waals surface area (Å²) in [5.41, 5.74) is 0. The van der Waals surface area contributed by atoms with Crippen LogP contribution in [0.2, 0.25) is 0 Å². The van der Waals surface area contributed by atoms with Crippen LogP contribution in [0, 0.1) is 11.8 Å². The summed E-state index contributed by atoms with van der Waals surface area (Å²) in [5.74, 6) is 1.52. The second-order valence-corrected chi connectivity index (χ2v) is 5.10. The van der Waals surface area contributed by atoms with E-state index in [1.165, 1.54) is 19.3 Å². The molecule has 2 aliphatic rings. The molecule has 1 heterocycles. The normalized spacial score (nSPS) is 44.1. The van der Waals surface area contributed by atoms with Crippen LogP contribution in [0.3, 0.4) is 0 Å². The Kier molecular flexibility index (Phi) is 1.96. The average Bonchev–Trinajstić information content (AvgIpc) is 2.31. The fourth-order valence-corrected chi connectivity index (χ4v) is 3.77. The summed E-state index contributed by atoms with van der Waals surface area (Å²) in [4.78, 5) is 11.1. The highest BCUT2D eigenvalue weighted by molar-refractivity contribution is 8.14. The van der Waals surface area contributed by atoms with E-state index in [-0.39, 0.29) is 0 Å². The molecule has 0 aromatic rings. The minimum Gasteiger partial charge on any atom is -0.287 e. The van der Waals surface area contributed by atoms with Crippen molar-refractivity contribution >= 4 is 16.9 Å². The van der Waals surface area contributed by atoms with Crippen LogP contribution in [0.25, 0.3) is 0 Å². The van der Waals surface area contributed by atoms with E-state index < -0.39 is 0 Å². The molecule has 1 nitrogen and oxygen atoms in total. The molecule has 11 heavy (non-hydrogen) atoms. The molecule has 2 fully saturated rings. The van der Waals surface area contributed by atoms with Gasteiger partial charge in [-0.3, -0.25) is 4.79 Å². The zero-order chi connectivity index (χ0) is 7.84. The maximum absolute atomic E-state index is 11.1. The first-order chi connectivity index (χ1) is 5.27. The topological polar surface area (TPSA) is 17.1 Å². The van der Waals surface area contributed by atoms with Crippen LogP contribution in [0.5, 0.6) is 0 Å². The molecule has 0 spiro atoms. The molecule has 0 bridgehead atoms. The van der Waals surface area contributed by atoms with Crippen LogP contribution in [0.15, 0.2) is 0 Å². The van der Waals surface area contributed by atoms with Crippen molar-refractivity contribution in [1.82, 2.24) is 0 Å². The van der Waals surface area contributed by atoms with E-state index >= 15 is 0 Å². The standard InChI is InChI=1S/C9H14OS/c1-6-3-2-4-8-7(6)5-9(10)11-8/h6-8H,2-5H2,1H3. The second-order valence-electron chi connectivity index (χ2n) is 3.80. The monoisotopic (exact) mass is 170 g/mol. The van der Waals surface area contributed by atoms with Crippen molar-refractivity contribution in [2.24, 2.45) is 11.8 Å². The van der Waals surface area contributed by atoms with Crippen molar-refractivity contribution in [3.8, 4) is 0 Å². The minimum atomic E-state index is 0.439. The van der Waals surface area contributed by atoms with E-state index in [1.807, 2.05) is 0 Å². The molecule has 0 aromatic heterocycles. The van der Waals surface area contributed by atoms with Crippen molar-refractivity contribution in [1.29, 1.82) is 0 Å². The number of hydrogen-bond acceptors (Lipinski definition) is 2. The van der Waals surface area contributed by atoms with Crippen molar-refractivity contribution in [3.05, 3.63) is 0 Å². The summed E-state index contributed by atoms with van der Waals surface area (Å²) in [6, 6.07) is 0. The Morgan fingerprint density at radius 2 is 2.27 bits per heavy atom. The maximum Gasteiger partial charge on any atom is 0.189 e. The van der Waals surface area contributed by atoms with Gasteiger partial charge < -0.3 is 0 Å². The zero-order valence-electron chi connectivity index (χ0n) is 6.88. The fraction of sp³-hybridized carbons (Fsp3) is 0.889. The lowest BCUT2D eigenvalue weighted by molar-refractivity contribution is -0.111. The summed E-state index contributed by atoms with van der Waals surface area (Å²) >= 11 is 1.61. The van der Waals surface area contributed by atoms with Crippen LogP contribution in [-0.2, 0) is 4.79 Å². The zero-order valence-corrected chi connectivity index (χ0v) is 7.69. The third-order valence-electron chi connectivity index (χ3n) is 3.04. The Morgan fingerprint density at radius 1 is 1.45 bits per heavy atom. The first kappa shape index (κ1) is 7.66. The Hall–Kier alpha value is 0.0200. The highest BCUT2D eigenvalue weighted by Gasteiger charge is 2.39. The average molecular weight is 170 g/mol. The molecule has 2 rings (SSSR count). The molecule has 0 aromatic carbocycles. The van der Waals surface area contributed by atoms with Gasteiger partial charge in [0, 0.05) is 11.7 Å². The maximum atomic E-state index is 11.1. The fourth-order valence-electron chi connectivity index (χ4n) is 2.32. The van der Waals surface area contributed by atoms with Gasteiger partial charge in [-0.05, 0) is 18.3 Å². The lowest BCUT2D eigenvalue weighted by atomic mass is 9.79. The molecule has 1 aliphatic carbocycles. The van der Waals surface area contributed by atoms with Crippen LogP contribution in [0.4, 0.5) is 0 Å². The third-order valence-corrected chi connectivity index (χ3v) is 4.36. The minimum absolute atomic E-state index is 0.439. The summed E-state index contributed by atoms with van der Waals surface area (Å²) in [6.07, 6.45) is 4.82. The summed E-state index contributed by atoms with van der Waals surface area (Å²) in [7, 11) is 0. The first-order valence-electron chi connectivity index (χ1n) is 4.47. The van der Waals surface area contributed by atoms with Crippen LogP contribution >= 0.6 is 11.8 Å². The smallest absolute Gasteiger partial charge is 0.189 e. The van der Waals surface area contributed by atoms with Crippen molar-refractivity contribution in [2.75, 3.05) is 0 Å². The van der Waals surface area contributed by atoms with Gasteiger partial charge in [0.15, 0.2) is 5.12 Å². The van der Waals surface area contributed by atoms with Crippen LogP contribution in [0.1, 0.15) is 32.6 Å². The Bertz CT molecular complexity index is 178. The predicted octanol–water partition coefficient (Wildman–Crippen LogP) is 2.45. The predicted molar refractivity (Wildman–Crippen MR) is 47.5 cm³/mol. The van der Waals surface area contributed by atoms with Gasteiger partial charge in [0.2, 0.25) is 0 Å². The van der Waals surface area contributed by atoms with E-state index in [2.05, 4.69) is 6.92 Å². The molecule has 1 aliphatic heterocycles. The molecule has 1 saturated carbocycles. The van der Waals surface area contributed by atoms with Gasteiger partial charge in [0.25, 0.3) is 0 Å². The highest BCUT2D eigenvalue weighted by Crippen LogP contribution is 2.45. The number of fused-ring (bicyclic) bond motifs is 1. The quantitative estimate of drug-likeness (QED) is 0.555. The lowest BCUT2D eigenvalue weighted by Gasteiger charge is -2.29. The molecular formula is C9H14OS. The van der Waals surface area contributed by atoms with E-state index in [0.29, 0.717) is 10.4 Å². The molecule has 62 valence electrons. The Morgan fingerprint density at radius 3 is 3.00 bits per heavy atom. The third kappa shape index (κ3) is 1.33. The van der Waals surface area contributed by atoms with E-state index in [4.69, 9.17) is 0 Å². The van der Waals surface area contributed by atoms with Gasteiger partial charge in [0.05, 0.1) is 0 Å². The van der Waals surface area contributed by atoms with Gasteiger partial charge >= 0.3 is 0 Å². The second kappa shape index (κ2) is 2.81. The van der Waals surface area contributed by atoms with E-state index in [0.717, 1.165) is 18.3 Å². The largest absolute Gasteiger partial charge is 0.287 e. The van der Waals surface area contributed by atoms with Gasteiger partial charge in [-0.15, -0.1) is 0 Å². The van der Waals surface area contributed by atoms with Crippen molar-refractivity contribution in [2.45, 2.75) is 37.9 Å². The molecule has 0 amide bonds. The lowest BCUT2D eigenvalue weighted by Crippen LogP contribution is -2.24. The van der Waals surface area contributed by atoms with Gasteiger partial charge in [0.1, 0.15) is 0 Å². The van der Waals surface area contributed by atoms with Crippen LogP contribution < -0.4 is 0 Å². The summed E-state index contributed by atoms with van der Waals surface area (Å²) < 4.78 is 0. The summed E-state index contributed by atoms with van der Waals surface area (Å²) in [5, 5.41) is 1.12. The van der Waals surface area contributed by atoms with Crippen molar-refractivity contribution < 1.29 is 4.79 Å². The molecule has 2 heteroatoms. The van der Waals surface area contributed by atoms with E-state index in [1.54, 1.807) is 11.8 Å².